The van der Waals surface area contributed by atoms with Crippen molar-refractivity contribution in [3.05, 3.63) is 82.3 Å². The molecule has 0 aliphatic rings. The van der Waals surface area contributed by atoms with E-state index in [1.54, 1.807) is 30.5 Å². The van der Waals surface area contributed by atoms with Gasteiger partial charge in [-0.25, -0.2) is 0 Å². The molecule has 2 atom stereocenters. The fourth-order valence-corrected chi connectivity index (χ4v) is 3.30. The molecular formula is C22H25N4O4P. The molecule has 0 radical (unpaired) electrons. The Morgan fingerprint density at radius 1 is 1.10 bits per heavy atom. The molecule has 31 heavy (non-hydrogen) atoms. The lowest BCUT2D eigenvalue weighted by Gasteiger charge is -2.18. The van der Waals surface area contributed by atoms with E-state index >= 15 is 0 Å². The minimum absolute atomic E-state index is 0.00596. The summed E-state index contributed by atoms with van der Waals surface area (Å²) in [5.41, 5.74) is 1.85. The Hall–Kier alpha value is -3.22. The maximum Gasteiger partial charge on any atom is 0.310 e. The number of carbonyl (C=O) groups is 2. The molecule has 3 aromatic rings. The number of amides is 1. The molecule has 0 spiro atoms. The Bertz CT molecular complexity index is 1120. The van der Waals surface area contributed by atoms with Crippen LogP contribution >= 0.6 is 9.47 Å². The third kappa shape index (κ3) is 5.69. The van der Waals surface area contributed by atoms with E-state index in [4.69, 9.17) is 0 Å². The summed E-state index contributed by atoms with van der Waals surface area (Å²) in [7, 11) is 3.78. The van der Waals surface area contributed by atoms with Crippen LogP contribution in [0.3, 0.4) is 0 Å². The topological polar surface area (TPSA) is 101 Å². The normalized spacial score (nSPS) is 11.7. The first-order chi connectivity index (χ1) is 15.0. The van der Waals surface area contributed by atoms with E-state index in [9.17, 15) is 14.4 Å². The third-order valence-corrected chi connectivity index (χ3v) is 5.08. The summed E-state index contributed by atoms with van der Waals surface area (Å²) in [6.45, 7) is 1.56. The molecule has 3 rings (SSSR count). The highest BCUT2D eigenvalue weighted by molar-refractivity contribution is 7.10. The minimum atomic E-state index is -0.624. The molecule has 2 aromatic heterocycles. The number of nitrogens with zero attached hydrogens (tertiary/aromatic N) is 1. The average Bonchev–Trinajstić information content (AvgIpc) is 2.79. The molecule has 0 aliphatic heterocycles. The second-order valence-electron chi connectivity index (χ2n) is 6.92. The lowest BCUT2D eigenvalue weighted by Crippen LogP contribution is -2.34. The van der Waals surface area contributed by atoms with E-state index in [1.807, 2.05) is 40.8 Å². The number of hydrogen-bond donors (Lipinski definition) is 3. The van der Waals surface area contributed by atoms with Gasteiger partial charge in [0.1, 0.15) is 5.56 Å². The van der Waals surface area contributed by atoms with Crippen LogP contribution in [-0.4, -0.2) is 36.4 Å². The molecule has 0 fully saturated rings. The number of pyridine rings is 2. The van der Waals surface area contributed by atoms with Crippen LogP contribution in [0.2, 0.25) is 0 Å². The lowest BCUT2D eigenvalue weighted by molar-refractivity contribution is -0.133. The average molecular weight is 440 g/mol. The standard InChI is InChI=1S/C22H25N4O4P/c1-23-10-11-24-16-9-12-26-17(13-16)7-8-18(22(26)29)21(28)25-19(14-20(27)30-31)15-5-3-2-4-6-15/h2-9,12-13,19,23-24H,10-11,14,31H2,1H3,(H,25,28). The van der Waals surface area contributed by atoms with Crippen molar-refractivity contribution >= 4 is 32.5 Å². The van der Waals surface area contributed by atoms with Gasteiger partial charge in [-0.05, 0) is 36.9 Å². The number of likely N-dealkylation sites (N-methyl/N-ethyl adjacent to an activating group) is 1. The van der Waals surface area contributed by atoms with Crippen LogP contribution in [0.15, 0.2) is 65.6 Å². The van der Waals surface area contributed by atoms with Crippen LogP contribution in [0.4, 0.5) is 5.69 Å². The quantitative estimate of drug-likeness (QED) is 0.348. The predicted octanol–water partition coefficient (Wildman–Crippen LogP) is 2.13. The summed E-state index contributed by atoms with van der Waals surface area (Å²) in [5, 5.41) is 9.10. The molecule has 0 aliphatic carbocycles. The van der Waals surface area contributed by atoms with Gasteiger partial charge in [-0.2, -0.15) is 0 Å². The first kappa shape index (κ1) is 22.5. The number of rotatable bonds is 9. The zero-order valence-electron chi connectivity index (χ0n) is 17.1. The van der Waals surface area contributed by atoms with E-state index in [2.05, 4.69) is 20.5 Å². The summed E-state index contributed by atoms with van der Waals surface area (Å²) in [5.74, 6) is -1.05. The van der Waals surface area contributed by atoms with Gasteiger partial charge in [0, 0.05) is 25.0 Å². The van der Waals surface area contributed by atoms with Gasteiger partial charge in [0.2, 0.25) is 0 Å². The van der Waals surface area contributed by atoms with Crippen LogP contribution in [0.1, 0.15) is 28.4 Å². The molecular weight excluding hydrogens is 415 g/mol. The highest BCUT2D eigenvalue weighted by Crippen LogP contribution is 2.19. The Kier molecular flexibility index (Phi) is 7.76. The van der Waals surface area contributed by atoms with Gasteiger partial charge in [0.25, 0.3) is 11.5 Å². The summed E-state index contributed by atoms with van der Waals surface area (Å²) >= 11 is 0. The van der Waals surface area contributed by atoms with E-state index < -0.39 is 23.5 Å². The number of nitrogens with one attached hydrogen (secondary N) is 3. The molecule has 1 amide bonds. The van der Waals surface area contributed by atoms with Gasteiger partial charge in [0.15, 0.2) is 0 Å². The SMILES string of the molecule is CNCCNc1ccn2c(=O)c(C(=O)NC(CC(=O)OP)c3ccccc3)ccc2c1. The molecule has 3 N–H and O–H groups in total. The van der Waals surface area contributed by atoms with E-state index in [-0.39, 0.29) is 12.0 Å². The molecule has 0 saturated carbocycles. The Labute approximate surface area is 182 Å². The fourth-order valence-electron chi connectivity index (χ4n) is 3.20. The maximum atomic E-state index is 12.9. The van der Waals surface area contributed by atoms with Gasteiger partial charge in [0.05, 0.1) is 27.4 Å². The highest BCUT2D eigenvalue weighted by atomic mass is 31.0. The predicted molar refractivity (Wildman–Crippen MR) is 123 cm³/mol. The van der Waals surface area contributed by atoms with E-state index in [0.717, 1.165) is 24.3 Å². The molecule has 0 bridgehead atoms. The van der Waals surface area contributed by atoms with Crippen LogP contribution in [0.5, 0.6) is 0 Å². The summed E-state index contributed by atoms with van der Waals surface area (Å²) < 4.78 is 6.09. The number of aromatic nitrogens is 1. The number of carbonyl (C=O) groups excluding carboxylic acids is 2. The molecule has 2 unspecified atom stereocenters. The molecule has 9 heteroatoms. The number of anilines is 1. The Balaban J connectivity index is 1.84. The Morgan fingerprint density at radius 3 is 2.58 bits per heavy atom. The highest BCUT2D eigenvalue weighted by Gasteiger charge is 2.21. The minimum Gasteiger partial charge on any atom is -0.451 e. The van der Waals surface area contributed by atoms with E-state index in [0.29, 0.717) is 5.52 Å². The summed E-state index contributed by atoms with van der Waals surface area (Å²) in [4.78, 5) is 37.6. The molecule has 2 heterocycles. The maximum absolute atomic E-state index is 12.9. The molecule has 162 valence electrons. The number of fused-ring (bicyclic) bond motifs is 1. The molecule has 1 aromatic carbocycles. The fraction of sp³-hybridized carbons (Fsp3) is 0.227. The summed E-state index contributed by atoms with van der Waals surface area (Å²) in [6.07, 6.45) is 1.58. The van der Waals surface area contributed by atoms with Gasteiger partial charge in [-0.15, -0.1) is 0 Å². The third-order valence-electron chi connectivity index (χ3n) is 4.81. The Morgan fingerprint density at radius 2 is 1.87 bits per heavy atom. The van der Waals surface area contributed by atoms with Gasteiger partial charge in [-0.3, -0.25) is 18.8 Å². The first-order valence-electron chi connectivity index (χ1n) is 9.82. The smallest absolute Gasteiger partial charge is 0.310 e. The van der Waals surface area contributed by atoms with Crippen LogP contribution in [-0.2, 0) is 9.32 Å². The van der Waals surface area contributed by atoms with E-state index in [1.165, 1.54) is 10.5 Å². The van der Waals surface area contributed by atoms with Crippen molar-refractivity contribution in [2.75, 3.05) is 25.5 Å². The monoisotopic (exact) mass is 440 g/mol. The summed E-state index contributed by atoms with van der Waals surface area (Å²) in [6, 6.07) is 15.3. The lowest BCUT2D eigenvalue weighted by atomic mass is 10.0. The second-order valence-corrected chi connectivity index (χ2v) is 7.16. The molecule has 0 saturated heterocycles. The van der Waals surface area contributed by atoms with Crippen molar-refractivity contribution in [2.45, 2.75) is 12.5 Å². The van der Waals surface area contributed by atoms with Gasteiger partial charge >= 0.3 is 5.97 Å². The van der Waals surface area contributed by atoms with Gasteiger partial charge in [-0.1, -0.05) is 30.3 Å². The van der Waals surface area contributed by atoms with Crippen LogP contribution < -0.4 is 21.5 Å². The number of benzene rings is 1. The van der Waals surface area contributed by atoms with Crippen molar-refractivity contribution in [3.8, 4) is 0 Å². The van der Waals surface area contributed by atoms with Crippen LogP contribution in [0, 0.1) is 0 Å². The van der Waals surface area contributed by atoms with Crippen molar-refractivity contribution in [2.24, 2.45) is 0 Å². The first-order valence-corrected chi connectivity index (χ1v) is 10.3. The number of hydrogen-bond acceptors (Lipinski definition) is 6. The van der Waals surface area contributed by atoms with Crippen LogP contribution in [0.25, 0.3) is 5.52 Å². The van der Waals surface area contributed by atoms with Crippen molar-refractivity contribution in [3.63, 3.8) is 0 Å². The van der Waals surface area contributed by atoms with Crippen molar-refractivity contribution in [1.82, 2.24) is 15.0 Å². The zero-order chi connectivity index (χ0) is 22.2. The largest absolute Gasteiger partial charge is 0.451 e. The molecule has 8 nitrogen and oxygen atoms in total. The van der Waals surface area contributed by atoms with Crippen molar-refractivity contribution < 1.29 is 14.1 Å². The van der Waals surface area contributed by atoms with Gasteiger partial charge < -0.3 is 20.5 Å². The van der Waals surface area contributed by atoms with Crippen molar-refractivity contribution in [1.29, 1.82) is 0 Å². The second kappa shape index (κ2) is 10.7. The zero-order valence-corrected chi connectivity index (χ0v) is 18.3.